The zero-order valence-electron chi connectivity index (χ0n) is 6.66. The lowest BCUT2D eigenvalue weighted by Gasteiger charge is -2.15. The van der Waals surface area contributed by atoms with Crippen molar-refractivity contribution in [1.29, 1.82) is 0 Å². The molecule has 10 heavy (non-hydrogen) atoms. The first-order valence-corrected chi connectivity index (χ1v) is 5.29. The van der Waals surface area contributed by atoms with Crippen molar-refractivity contribution >= 4 is 9.84 Å². The van der Waals surface area contributed by atoms with E-state index in [1.54, 1.807) is 6.92 Å². The van der Waals surface area contributed by atoms with Gasteiger partial charge in [0.25, 0.3) is 0 Å². The molecule has 62 valence electrons. The predicted molar refractivity (Wildman–Crippen MR) is 42.6 cm³/mol. The van der Waals surface area contributed by atoms with Crippen LogP contribution in [0.1, 0.15) is 20.3 Å². The molecule has 0 aliphatic rings. The van der Waals surface area contributed by atoms with Gasteiger partial charge in [0, 0.05) is 12.3 Å². The molecule has 0 aromatic carbocycles. The summed E-state index contributed by atoms with van der Waals surface area (Å²) in [5, 5.41) is -0.419. The number of hydrogen-bond acceptors (Lipinski definition) is 3. The monoisotopic (exact) mass is 165 g/mol. The van der Waals surface area contributed by atoms with Crippen LogP contribution < -0.4 is 5.73 Å². The van der Waals surface area contributed by atoms with Crippen molar-refractivity contribution in [2.75, 3.05) is 6.26 Å². The van der Waals surface area contributed by atoms with Gasteiger partial charge in [0.15, 0.2) is 9.84 Å². The molecule has 0 heterocycles. The third kappa shape index (κ3) is 2.66. The van der Waals surface area contributed by atoms with E-state index in [0.29, 0.717) is 6.42 Å². The van der Waals surface area contributed by atoms with Crippen molar-refractivity contribution < 1.29 is 8.42 Å². The maximum absolute atomic E-state index is 10.9. The lowest BCUT2D eigenvalue weighted by atomic mass is 10.2. The second-order valence-corrected chi connectivity index (χ2v) is 5.01. The average Bonchev–Trinajstić information content (AvgIpc) is 1.83. The lowest BCUT2D eigenvalue weighted by Crippen LogP contribution is -2.37. The highest BCUT2D eigenvalue weighted by molar-refractivity contribution is 7.91. The van der Waals surface area contributed by atoms with Crippen LogP contribution in [-0.4, -0.2) is 26.0 Å². The quantitative estimate of drug-likeness (QED) is 0.648. The van der Waals surface area contributed by atoms with Crippen LogP contribution in [0.25, 0.3) is 0 Å². The fraction of sp³-hybridized carbons (Fsp3) is 1.00. The molecule has 0 aliphatic carbocycles. The summed E-state index contributed by atoms with van der Waals surface area (Å²) in [5.74, 6) is 0. The van der Waals surface area contributed by atoms with Crippen molar-refractivity contribution in [3.05, 3.63) is 0 Å². The molecule has 0 saturated heterocycles. The first-order valence-electron chi connectivity index (χ1n) is 3.34. The minimum absolute atomic E-state index is 0.227. The Balaban J connectivity index is 4.23. The number of hydrogen-bond donors (Lipinski definition) is 1. The van der Waals surface area contributed by atoms with Gasteiger partial charge in [-0.25, -0.2) is 8.42 Å². The van der Waals surface area contributed by atoms with E-state index in [-0.39, 0.29) is 6.04 Å². The van der Waals surface area contributed by atoms with Gasteiger partial charge in [-0.1, -0.05) is 6.92 Å². The Morgan fingerprint density at radius 3 is 2.00 bits per heavy atom. The van der Waals surface area contributed by atoms with Crippen LogP contribution in [0.2, 0.25) is 0 Å². The molecule has 0 radical (unpaired) electrons. The molecule has 4 heteroatoms. The normalized spacial score (nSPS) is 18.4. The maximum atomic E-state index is 10.9. The summed E-state index contributed by atoms with van der Waals surface area (Å²) in [5.41, 5.74) is 5.52. The summed E-state index contributed by atoms with van der Waals surface area (Å²) >= 11 is 0. The Hall–Kier alpha value is -0.0900. The molecular weight excluding hydrogens is 150 g/mol. The predicted octanol–water partition coefficient (Wildman–Crippen LogP) is 0.157. The van der Waals surface area contributed by atoms with E-state index >= 15 is 0 Å². The summed E-state index contributed by atoms with van der Waals surface area (Å²) in [6.45, 7) is 3.52. The lowest BCUT2D eigenvalue weighted by molar-refractivity contribution is 0.557. The van der Waals surface area contributed by atoms with Gasteiger partial charge in [0.2, 0.25) is 0 Å². The van der Waals surface area contributed by atoms with Gasteiger partial charge in [-0.2, -0.15) is 0 Å². The largest absolute Gasteiger partial charge is 0.327 e. The Bertz CT molecular complexity index is 186. The van der Waals surface area contributed by atoms with Crippen LogP contribution in [0.3, 0.4) is 0 Å². The van der Waals surface area contributed by atoms with Gasteiger partial charge in [-0.3, -0.25) is 0 Å². The van der Waals surface area contributed by atoms with Crippen LogP contribution in [0, 0.1) is 0 Å². The Kier molecular flexibility index (Phi) is 3.31. The van der Waals surface area contributed by atoms with E-state index in [4.69, 9.17) is 5.73 Å². The van der Waals surface area contributed by atoms with Gasteiger partial charge in [0.05, 0.1) is 5.25 Å². The highest BCUT2D eigenvalue weighted by atomic mass is 32.2. The molecule has 0 saturated carbocycles. The molecule has 2 unspecified atom stereocenters. The fourth-order valence-corrected chi connectivity index (χ4v) is 1.48. The van der Waals surface area contributed by atoms with E-state index in [2.05, 4.69) is 0 Å². The second-order valence-electron chi connectivity index (χ2n) is 2.61. The fourth-order valence-electron chi connectivity index (χ4n) is 0.649. The van der Waals surface area contributed by atoms with E-state index in [1.807, 2.05) is 6.92 Å². The molecule has 0 amide bonds. The summed E-state index contributed by atoms with van der Waals surface area (Å²) in [6.07, 6.45) is 1.92. The molecule has 3 nitrogen and oxygen atoms in total. The molecule has 2 N–H and O–H groups in total. The van der Waals surface area contributed by atoms with Crippen LogP contribution in [-0.2, 0) is 9.84 Å². The third-order valence-electron chi connectivity index (χ3n) is 1.75. The maximum Gasteiger partial charge on any atom is 0.151 e. The summed E-state index contributed by atoms with van der Waals surface area (Å²) in [7, 11) is -2.94. The van der Waals surface area contributed by atoms with Crippen molar-refractivity contribution in [2.45, 2.75) is 31.6 Å². The molecule has 0 bridgehead atoms. The second kappa shape index (κ2) is 3.34. The van der Waals surface area contributed by atoms with Gasteiger partial charge in [-0.05, 0) is 13.3 Å². The average molecular weight is 165 g/mol. The van der Waals surface area contributed by atoms with Gasteiger partial charge in [0.1, 0.15) is 0 Å². The highest BCUT2D eigenvalue weighted by Crippen LogP contribution is 2.04. The molecule has 0 fully saturated rings. The van der Waals surface area contributed by atoms with Crippen molar-refractivity contribution in [2.24, 2.45) is 5.73 Å². The summed E-state index contributed by atoms with van der Waals surface area (Å²) in [6, 6.07) is -0.227. The smallest absolute Gasteiger partial charge is 0.151 e. The minimum Gasteiger partial charge on any atom is -0.327 e. The molecule has 0 spiro atoms. The van der Waals surface area contributed by atoms with Crippen molar-refractivity contribution in [3.8, 4) is 0 Å². The number of sulfone groups is 1. The SMILES string of the molecule is CCC(N)C(C)S(C)(=O)=O. The third-order valence-corrected chi connectivity index (χ3v) is 3.45. The van der Waals surface area contributed by atoms with E-state index < -0.39 is 15.1 Å². The molecular formula is C6H15NO2S. The minimum atomic E-state index is -2.94. The summed E-state index contributed by atoms with van der Waals surface area (Å²) in [4.78, 5) is 0. The van der Waals surface area contributed by atoms with Gasteiger partial charge < -0.3 is 5.73 Å². The number of nitrogens with two attached hydrogens (primary N) is 1. The van der Waals surface area contributed by atoms with E-state index in [0.717, 1.165) is 0 Å². The van der Waals surface area contributed by atoms with Crippen molar-refractivity contribution in [1.82, 2.24) is 0 Å². The summed E-state index contributed by atoms with van der Waals surface area (Å²) < 4.78 is 21.7. The van der Waals surface area contributed by atoms with E-state index in [1.165, 1.54) is 6.26 Å². The first kappa shape index (κ1) is 9.91. The Morgan fingerprint density at radius 1 is 1.50 bits per heavy atom. The van der Waals surface area contributed by atoms with Crippen LogP contribution in [0.5, 0.6) is 0 Å². The van der Waals surface area contributed by atoms with Crippen molar-refractivity contribution in [3.63, 3.8) is 0 Å². The Morgan fingerprint density at radius 2 is 1.90 bits per heavy atom. The number of rotatable bonds is 3. The standard InChI is InChI=1S/C6H15NO2S/c1-4-6(7)5(2)10(3,8)9/h5-6H,4,7H2,1-3H3. The van der Waals surface area contributed by atoms with Crippen LogP contribution in [0.4, 0.5) is 0 Å². The van der Waals surface area contributed by atoms with Crippen LogP contribution in [0.15, 0.2) is 0 Å². The highest BCUT2D eigenvalue weighted by Gasteiger charge is 2.20. The first-order chi connectivity index (χ1) is 4.39. The molecule has 0 aromatic heterocycles. The zero-order valence-corrected chi connectivity index (χ0v) is 7.48. The van der Waals surface area contributed by atoms with E-state index in [9.17, 15) is 8.42 Å². The molecule has 0 aromatic rings. The molecule has 0 aliphatic heterocycles. The van der Waals surface area contributed by atoms with Gasteiger partial charge in [-0.15, -0.1) is 0 Å². The van der Waals surface area contributed by atoms with Crippen LogP contribution >= 0.6 is 0 Å². The molecule has 0 rings (SSSR count). The molecule has 2 atom stereocenters. The zero-order chi connectivity index (χ0) is 8.36. The topological polar surface area (TPSA) is 60.2 Å². The van der Waals surface area contributed by atoms with Gasteiger partial charge >= 0.3 is 0 Å². The Labute approximate surface area is 62.5 Å².